The molecule has 6 nitrogen and oxygen atoms in total. The zero-order valence-corrected chi connectivity index (χ0v) is 8.25. The zero-order chi connectivity index (χ0) is 10.6. The number of piperidine rings is 1. The molecule has 0 aliphatic carbocycles. The van der Waals surface area contributed by atoms with Gasteiger partial charge in [0.25, 0.3) is 0 Å². The summed E-state index contributed by atoms with van der Waals surface area (Å²) in [5.41, 5.74) is 2.07. The minimum atomic E-state index is -0.321. The lowest BCUT2D eigenvalue weighted by molar-refractivity contribution is -0.125. The smallest absolute Gasteiger partial charge is 0.331 e. The van der Waals surface area contributed by atoms with E-state index in [2.05, 4.69) is 10.7 Å². The number of hydrazine groups is 1. The summed E-state index contributed by atoms with van der Waals surface area (Å²) in [4.78, 5) is 24.1. The van der Waals surface area contributed by atoms with Crippen LogP contribution in [0.5, 0.6) is 0 Å². The molecule has 14 heavy (non-hydrogen) atoms. The lowest BCUT2D eigenvalue weighted by atomic mass is 9.97. The highest BCUT2D eigenvalue weighted by molar-refractivity contribution is 5.80. The fourth-order valence-corrected chi connectivity index (χ4v) is 1.67. The van der Waals surface area contributed by atoms with Crippen molar-refractivity contribution in [2.45, 2.75) is 12.8 Å². The van der Waals surface area contributed by atoms with E-state index in [0.717, 1.165) is 12.8 Å². The van der Waals surface area contributed by atoms with Gasteiger partial charge in [0.15, 0.2) is 0 Å². The van der Waals surface area contributed by atoms with Gasteiger partial charge in [-0.05, 0) is 12.8 Å². The van der Waals surface area contributed by atoms with Gasteiger partial charge in [0, 0.05) is 20.1 Å². The Morgan fingerprint density at radius 1 is 1.50 bits per heavy atom. The summed E-state index contributed by atoms with van der Waals surface area (Å²) in [6, 6.07) is -0.321. The maximum Gasteiger partial charge on any atom is 0.331 e. The Bertz CT molecular complexity index is 209. The highest BCUT2D eigenvalue weighted by Gasteiger charge is 2.27. The van der Waals surface area contributed by atoms with Crippen LogP contribution in [0.25, 0.3) is 0 Å². The number of urea groups is 1. The van der Waals surface area contributed by atoms with E-state index in [1.165, 1.54) is 0 Å². The van der Waals surface area contributed by atoms with Crippen molar-refractivity contribution in [1.29, 1.82) is 0 Å². The molecule has 4 N–H and O–H groups in total. The summed E-state index contributed by atoms with van der Waals surface area (Å²) in [6.07, 6.45) is 1.67. The summed E-state index contributed by atoms with van der Waals surface area (Å²) in [6.45, 7) is 1.11. The van der Waals surface area contributed by atoms with Crippen molar-refractivity contribution in [2.75, 3.05) is 20.1 Å². The predicted octanol–water partition coefficient (Wildman–Crippen LogP) is -0.972. The fourth-order valence-electron chi connectivity index (χ4n) is 1.67. The normalized spacial score (nSPS) is 21.6. The van der Waals surface area contributed by atoms with Gasteiger partial charge in [0.2, 0.25) is 5.91 Å². The molecule has 1 aliphatic rings. The summed E-state index contributed by atoms with van der Waals surface area (Å²) in [5.74, 6) is 4.90. The molecule has 80 valence electrons. The average molecular weight is 200 g/mol. The number of likely N-dealkylation sites (tertiary alicyclic amines) is 1. The van der Waals surface area contributed by atoms with Gasteiger partial charge in [0.1, 0.15) is 0 Å². The molecule has 0 aromatic heterocycles. The highest BCUT2D eigenvalue weighted by Crippen LogP contribution is 2.16. The molecule has 3 amide bonds. The Morgan fingerprint density at radius 2 is 2.21 bits per heavy atom. The highest BCUT2D eigenvalue weighted by atomic mass is 16.2. The molecule has 1 heterocycles. The maximum absolute atomic E-state index is 11.3. The summed E-state index contributed by atoms with van der Waals surface area (Å²) >= 11 is 0. The number of carbonyl (C=O) groups excluding carboxylic acids is 2. The number of hydrogen-bond donors (Lipinski definition) is 3. The third-order valence-corrected chi connectivity index (χ3v) is 2.45. The van der Waals surface area contributed by atoms with Gasteiger partial charge in [-0.15, -0.1) is 0 Å². The van der Waals surface area contributed by atoms with Gasteiger partial charge >= 0.3 is 6.03 Å². The van der Waals surface area contributed by atoms with Crippen molar-refractivity contribution in [1.82, 2.24) is 15.6 Å². The van der Waals surface area contributed by atoms with Crippen molar-refractivity contribution in [3.63, 3.8) is 0 Å². The second-order valence-corrected chi connectivity index (χ2v) is 3.35. The van der Waals surface area contributed by atoms with Crippen molar-refractivity contribution in [2.24, 2.45) is 11.8 Å². The summed E-state index contributed by atoms with van der Waals surface area (Å²) in [5, 5.41) is 2.58. The predicted molar refractivity (Wildman–Crippen MR) is 51.1 cm³/mol. The molecule has 0 spiro atoms. The van der Waals surface area contributed by atoms with Crippen LogP contribution in [0.15, 0.2) is 0 Å². The molecule has 6 heteroatoms. The largest absolute Gasteiger partial charge is 0.359 e. The van der Waals surface area contributed by atoms with Crippen LogP contribution in [0.3, 0.4) is 0 Å². The molecule has 0 radical (unpaired) electrons. The van der Waals surface area contributed by atoms with Gasteiger partial charge in [-0.1, -0.05) is 0 Å². The third kappa shape index (κ3) is 2.35. The minimum Gasteiger partial charge on any atom is -0.359 e. The molecular formula is C8H16N4O2. The van der Waals surface area contributed by atoms with Gasteiger partial charge < -0.3 is 10.2 Å². The van der Waals surface area contributed by atoms with Crippen LogP contribution in [0.2, 0.25) is 0 Å². The van der Waals surface area contributed by atoms with Crippen LogP contribution >= 0.6 is 0 Å². The van der Waals surface area contributed by atoms with Gasteiger partial charge in [-0.3, -0.25) is 10.2 Å². The van der Waals surface area contributed by atoms with Crippen LogP contribution in [-0.2, 0) is 4.79 Å². The Hall–Kier alpha value is -1.30. The SMILES string of the molecule is CNC(=O)C1CCCN(C(=O)NN)C1. The monoisotopic (exact) mass is 200 g/mol. The lowest BCUT2D eigenvalue weighted by Crippen LogP contribution is -2.50. The van der Waals surface area contributed by atoms with Crippen LogP contribution < -0.4 is 16.6 Å². The molecule has 1 unspecified atom stereocenters. The van der Waals surface area contributed by atoms with E-state index >= 15 is 0 Å². The van der Waals surface area contributed by atoms with Crippen LogP contribution in [0.1, 0.15) is 12.8 Å². The molecule has 1 fully saturated rings. The number of nitrogens with two attached hydrogens (primary N) is 1. The lowest BCUT2D eigenvalue weighted by Gasteiger charge is -2.31. The Labute approximate surface area is 82.8 Å². The molecule has 1 aliphatic heterocycles. The van der Waals surface area contributed by atoms with Crippen molar-refractivity contribution < 1.29 is 9.59 Å². The second kappa shape index (κ2) is 4.80. The van der Waals surface area contributed by atoms with E-state index in [0.29, 0.717) is 13.1 Å². The first-order valence-electron chi connectivity index (χ1n) is 4.66. The standard InChI is InChI=1S/C8H16N4O2/c1-10-7(13)6-3-2-4-12(5-6)8(14)11-9/h6H,2-5,9H2,1H3,(H,10,13)(H,11,14). The Morgan fingerprint density at radius 3 is 2.79 bits per heavy atom. The molecule has 0 aromatic rings. The van der Waals surface area contributed by atoms with Crippen molar-refractivity contribution in [3.05, 3.63) is 0 Å². The van der Waals surface area contributed by atoms with Crippen molar-refractivity contribution >= 4 is 11.9 Å². The summed E-state index contributed by atoms with van der Waals surface area (Å²) in [7, 11) is 1.60. The summed E-state index contributed by atoms with van der Waals surface area (Å²) < 4.78 is 0. The molecule has 0 saturated carbocycles. The first kappa shape index (κ1) is 10.8. The topological polar surface area (TPSA) is 87.5 Å². The van der Waals surface area contributed by atoms with Gasteiger partial charge in [-0.2, -0.15) is 0 Å². The average Bonchev–Trinajstić information content (AvgIpc) is 2.27. The quantitative estimate of drug-likeness (QED) is 0.289. The van der Waals surface area contributed by atoms with Gasteiger partial charge in [0.05, 0.1) is 5.92 Å². The Kier molecular flexibility index (Phi) is 3.70. The van der Waals surface area contributed by atoms with Crippen LogP contribution in [-0.4, -0.2) is 37.0 Å². The van der Waals surface area contributed by atoms with E-state index in [-0.39, 0.29) is 17.9 Å². The maximum atomic E-state index is 11.3. The number of rotatable bonds is 1. The number of nitrogens with zero attached hydrogens (tertiary/aromatic N) is 1. The zero-order valence-electron chi connectivity index (χ0n) is 8.25. The van der Waals surface area contributed by atoms with E-state index in [4.69, 9.17) is 5.84 Å². The second-order valence-electron chi connectivity index (χ2n) is 3.35. The van der Waals surface area contributed by atoms with E-state index in [9.17, 15) is 9.59 Å². The van der Waals surface area contributed by atoms with Crippen LogP contribution in [0.4, 0.5) is 4.79 Å². The Balaban J connectivity index is 2.51. The molecule has 0 bridgehead atoms. The third-order valence-electron chi connectivity index (χ3n) is 2.45. The van der Waals surface area contributed by atoms with E-state index in [1.54, 1.807) is 11.9 Å². The first-order chi connectivity index (χ1) is 6.69. The first-order valence-corrected chi connectivity index (χ1v) is 4.66. The minimum absolute atomic E-state index is 0.0143. The van der Waals surface area contributed by atoms with E-state index in [1.807, 2.05) is 0 Å². The number of carbonyl (C=O) groups is 2. The van der Waals surface area contributed by atoms with Gasteiger partial charge in [-0.25, -0.2) is 10.6 Å². The van der Waals surface area contributed by atoms with E-state index < -0.39 is 0 Å². The molecule has 1 atom stereocenters. The molecule has 1 rings (SSSR count). The molecular weight excluding hydrogens is 184 g/mol. The van der Waals surface area contributed by atoms with Crippen LogP contribution in [0, 0.1) is 5.92 Å². The fraction of sp³-hybridized carbons (Fsp3) is 0.750. The van der Waals surface area contributed by atoms with Crippen molar-refractivity contribution in [3.8, 4) is 0 Å². The number of hydrogen-bond acceptors (Lipinski definition) is 3. The number of amides is 3. The number of nitrogens with one attached hydrogen (secondary N) is 2. The molecule has 1 saturated heterocycles. The molecule has 0 aromatic carbocycles.